The molecule has 1 aromatic rings. The number of rotatable bonds is 3. The van der Waals surface area contributed by atoms with E-state index in [1.165, 1.54) is 0 Å². The van der Waals surface area contributed by atoms with Gasteiger partial charge in [0.25, 0.3) is 0 Å². The second kappa shape index (κ2) is 3.73. The van der Waals surface area contributed by atoms with E-state index >= 15 is 0 Å². The van der Waals surface area contributed by atoms with Crippen LogP contribution >= 0.6 is 23.2 Å². The third kappa shape index (κ3) is 2.22. The standard InChI is InChI=1S/C11H12Cl2O/c12-9-2-1-3-10(13)8(9)4-5-11(14)6-7-11/h1-3,14H,4-7H2. The number of benzene rings is 1. The number of halogens is 2. The van der Waals surface area contributed by atoms with E-state index in [2.05, 4.69) is 0 Å². The molecule has 1 nitrogen and oxygen atoms in total. The summed E-state index contributed by atoms with van der Waals surface area (Å²) in [7, 11) is 0. The second-order valence-electron chi connectivity index (χ2n) is 3.92. The maximum absolute atomic E-state index is 9.69. The van der Waals surface area contributed by atoms with Gasteiger partial charge in [0.15, 0.2) is 0 Å². The minimum absolute atomic E-state index is 0.428. The molecule has 1 N–H and O–H groups in total. The summed E-state index contributed by atoms with van der Waals surface area (Å²) >= 11 is 12.0. The summed E-state index contributed by atoms with van der Waals surface area (Å²) in [5, 5.41) is 11.1. The lowest BCUT2D eigenvalue weighted by Gasteiger charge is -2.09. The molecule has 2 rings (SSSR count). The van der Waals surface area contributed by atoms with Crippen molar-refractivity contribution in [3.8, 4) is 0 Å². The van der Waals surface area contributed by atoms with Gasteiger partial charge in [-0.25, -0.2) is 0 Å². The number of aliphatic hydroxyl groups is 1. The average Bonchev–Trinajstić information content (AvgIpc) is 2.83. The zero-order valence-electron chi connectivity index (χ0n) is 7.76. The van der Waals surface area contributed by atoms with E-state index in [1.54, 1.807) is 0 Å². The van der Waals surface area contributed by atoms with E-state index in [-0.39, 0.29) is 0 Å². The Balaban J connectivity index is 2.08. The van der Waals surface area contributed by atoms with Gasteiger partial charge >= 0.3 is 0 Å². The van der Waals surface area contributed by atoms with Crippen LogP contribution in [0.3, 0.4) is 0 Å². The van der Waals surface area contributed by atoms with Crippen LogP contribution in [0.4, 0.5) is 0 Å². The lowest BCUT2D eigenvalue weighted by atomic mass is 10.1. The van der Waals surface area contributed by atoms with Crippen LogP contribution in [0.25, 0.3) is 0 Å². The van der Waals surface area contributed by atoms with Gasteiger partial charge in [0.05, 0.1) is 5.60 Å². The first-order valence-electron chi connectivity index (χ1n) is 4.76. The van der Waals surface area contributed by atoms with Crippen molar-refractivity contribution in [3.63, 3.8) is 0 Å². The number of hydrogen-bond acceptors (Lipinski definition) is 1. The van der Waals surface area contributed by atoms with E-state index < -0.39 is 5.60 Å². The molecule has 14 heavy (non-hydrogen) atoms. The Morgan fingerprint density at radius 3 is 2.29 bits per heavy atom. The average molecular weight is 231 g/mol. The molecule has 0 atom stereocenters. The van der Waals surface area contributed by atoms with Crippen molar-refractivity contribution in [2.75, 3.05) is 0 Å². The van der Waals surface area contributed by atoms with E-state index in [9.17, 15) is 5.11 Å². The van der Waals surface area contributed by atoms with Crippen molar-refractivity contribution >= 4 is 23.2 Å². The molecule has 0 heterocycles. The second-order valence-corrected chi connectivity index (χ2v) is 4.74. The lowest BCUT2D eigenvalue weighted by molar-refractivity contribution is 0.140. The summed E-state index contributed by atoms with van der Waals surface area (Å²) in [4.78, 5) is 0. The smallest absolute Gasteiger partial charge is 0.0653 e. The number of hydrogen-bond donors (Lipinski definition) is 1. The minimum atomic E-state index is -0.428. The monoisotopic (exact) mass is 230 g/mol. The maximum Gasteiger partial charge on any atom is 0.0653 e. The Bertz CT molecular complexity index is 325. The highest BCUT2D eigenvalue weighted by atomic mass is 35.5. The van der Waals surface area contributed by atoms with Crippen LogP contribution in [0.15, 0.2) is 18.2 Å². The van der Waals surface area contributed by atoms with Gasteiger partial charge in [0, 0.05) is 10.0 Å². The highest BCUT2D eigenvalue weighted by Gasteiger charge is 2.39. The fourth-order valence-corrected chi connectivity index (χ4v) is 2.11. The van der Waals surface area contributed by atoms with Crippen LogP contribution in [0.5, 0.6) is 0 Å². The van der Waals surface area contributed by atoms with Crippen molar-refractivity contribution in [2.24, 2.45) is 0 Å². The van der Waals surface area contributed by atoms with Gasteiger partial charge in [-0.05, 0) is 43.4 Å². The van der Waals surface area contributed by atoms with Crippen LogP contribution < -0.4 is 0 Å². The third-order valence-corrected chi connectivity index (χ3v) is 3.44. The first-order valence-corrected chi connectivity index (χ1v) is 5.52. The Morgan fingerprint density at radius 2 is 1.79 bits per heavy atom. The SMILES string of the molecule is OC1(CCc2c(Cl)cccc2Cl)CC1. The predicted molar refractivity (Wildman–Crippen MR) is 59.0 cm³/mol. The molecule has 0 amide bonds. The molecule has 1 aliphatic rings. The normalized spacial score (nSPS) is 18.2. The van der Waals surface area contributed by atoms with Gasteiger partial charge in [-0.15, -0.1) is 0 Å². The molecule has 1 fully saturated rings. The van der Waals surface area contributed by atoms with Crippen molar-refractivity contribution < 1.29 is 5.11 Å². The molecule has 3 heteroatoms. The van der Waals surface area contributed by atoms with Crippen molar-refractivity contribution in [2.45, 2.75) is 31.3 Å². The zero-order chi connectivity index (χ0) is 10.2. The van der Waals surface area contributed by atoms with Gasteiger partial charge in [-0.1, -0.05) is 29.3 Å². The van der Waals surface area contributed by atoms with Gasteiger partial charge < -0.3 is 5.11 Å². The zero-order valence-corrected chi connectivity index (χ0v) is 9.28. The van der Waals surface area contributed by atoms with Crippen LogP contribution in [0.1, 0.15) is 24.8 Å². The largest absolute Gasteiger partial charge is 0.390 e. The van der Waals surface area contributed by atoms with Gasteiger partial charge in [-0.3, -0.25) is 0 Å². The molecule has 1 aromatic carbocycles. The van der Waals surface area contributed by atoms with E-state index in [0.717, 1.165) is 31.2 Å². The highest BCUT2D eigenvalue weighted by molar-refractivity contribution is 6.35. The molecule has 1 aliphatic carbocycles. The summed E-state index contributed by atoms with van der Waals surface area (Å²) in [6.45, 7) is 0. The lowest BCUT2D eigenvalue weighted by Crippen LogP contribution is -2.08. The van der Waals surface area contributed by atoms with Crippen LogP contribution in [-0.4, -0.2) is 10.7 Å². The summed E-state index contributed by atoms with van der Waals surface area (Å²) in [6, 6.07) is 5.50. The van der Waals surface area contributed by atoms with Gasteiger partial charge in [0.2, 0.25) is 0 Å². The van der Waals surface area contributed by atoms with Crippen LogP contribution in [0, 0.1) is 0 Å². The fourth-order valence-electron chi connectivity index (χ4n) is 1.52. The Kier molecular flexibility index (Phi) is 2.74. The van der Waals surface area contributed by atoms with Gasteiger partial charge in [-0.2, -0.15) is 0 Å². The van der Waals surface area contributed by atoms with Crippen molar-refractivity contribution in [1.29, 1.82) is 0 Å². The molecule has 76 valence electrons. The Hall–Kier alpha value is -0.240. The summed E-state index contributed by atoms with van der Waals surface area (Å²) in [6.07, 6.45) is 3.34. The minimum Gasteiger partial charge on any atom is -0.390 e. The molecule has 0 saturated heterocycles. The Labute approximate surface area is 93.7 Å². The Morgan fingerprint density at radius 1 is 1.21 bits per heavy atom. The molecule has 0 spiro atoms. The van der Waals surface area contributed by atoms with Gasteiger partial charge in [0.1, 0.15) is 0 Å². The molecule has 0 aromatic heterocycles. The van der Waals surface area contributed by atoms with Crippen LogP contribution in [0.2, 0.25) is 10.0 Å². The van der Waals surface area contributed by atoms with Crippen molar-refractivity contribution in [1.82, 2.24) is 0 Å². The van der Waals surface area contributed by atoms with E-state index in [0.29, 0.717) is 10.0 Å². The third-order valence-electron chi connectivity index (χ3n) is 2.73. The quantitative estimate of drug-likeness (QED) is 0.844. The molecule has 1 saturated carbocycles. The molecule has 0 unspecified atom stereocenters. The molecular formula is C11H12Cl2O. The topological polar surface area (TPSA) is 20.2 Å². The van der Waals surface area contributed by atoms with E-state index in [4.69, 9.17) is 23.2 Å². The maximum atomic E-state index is 9.69. The predicted octanol–water partition coefficient (Wildman–Crippen LogP) is 3.45. The van der Waals surface area contributed by atoms with Crippen LogP contribution in [-0.2, 0) is 6.42 Å². The molecule has 0 aliphatic heterocycles. The summed E-state index contributed by atoms with van der Waals surface area (Å²) in [5.74, 6) is 0. The van der Waals surface area contributed by atoms with Crippen molar-refractivity contribution in [3.05, 3.63) is 33.8 Å². The fraction of sp³-hybridized carbons (Fsp3) is 0.455. The molecular weight excluding hydrogens is 219 g/mol. The summed E-state index contributed by atoms with van der Waals surface area (Å²) < 4.78 is 0. The molecule has 0 bridgehead atoms. The molecule has 0 radical (unpaired) electrons. The first kappa shape index (κ1) is 10.3. The van der Waals surface area contributed by atoms with E-state index in [1.807, 2.05) is 18.2 Å². The first-order chi connectivity index (χ1) is 6.61. The highest BCUT2D eigenvalue weighted by Crippen LogP contribution is 2.40. The summed E-state index contributed by atoms with van der Waals surface area (Å²) in [5.41, 5.74) is 0.527.